The Hall–Kier alpha value is -7.18. The van der Waals surface area contributed by atoms with Gasteiger partial charge >= 0.3 is 0 Å². The molecule has 4 atom stereocenters. The lowest BCUT2D eigenvalue weighted by atomic mass is 10.0. The molecule has 0 fully saturated rings. The van der Waals surface area contributed by atoms with Gasteiger partial charge in [0, 0.05) is 42.2 Å². The van der Waals surface area contributed by atoms with Gasteiger partial charge in [0.1, 0.15) is 29.9 Å². The summed E-state index contributed by atoms with van der Waals surface area (Å²) in [5, 5.41) is 35.5. The van der Waals surface area contributed by atoms with Gasteiger partial charge in [0.15, 0.2) is 0 Å². The van der Waals surface area contributed by atoms with Gasteiger partial charge in [0.2, 0.25) is 53.2 Å². The number of aliphatic hydroxyl groups excluding tert-OH is 1. The van der Waals surface area contributed by atoms with Crippen LogP contribution >= 0.6 is 33.2 Å². The highest BCUT2D eigenvalue weighted by molar-refractivity contribution is 8.76. The molecule has 0 aliphatic carbocycles. The lowest BCUT2D eigenvalue weighted by molar-refractivity contribution is -0.133. The lowest BCUT2D eigenvalue weighted by Gasteiger charge is -2.23. The molecular formula is C53H71ClN10O11S2. The molecule has 4 aromatic carbocycles. The van der Waals surface area contributed by atoms with Crippen LogP contribution in [0.3, 0.4) is 0 Å². The first-order valence-corrected chi connectivity index (χ1v) is 27.6. The fourth-order valence-corrected chi connectivity index (χ4v) is 8.16. The van der Waals surface area contributed by atoms with Gasteiger partial charge in [-0.1, -0.05) is 105 Å². The molecule has 4 aromatic rings. The van der Waals surface area contributed by atoms with Crippen molar-refractivity contribution in [3.63, 3.8) is 0 Å². The maximum atomic E-state index is 13.7. The number of phenolic OH excluding ortho intramolecular Hbond substituents is 1. The maximum absolute atomic E-state index is 13.7. The third kappa shape index (κ3) is 28.5. The Morgan fingerprint density at radius 2 is 1.12 bits per heavy atom. The van der Waals surface area contributed by atoms with Gasteiger partial charge in [0.25, 0.3) is 0 Å². The number of nitrogens with one attached hydrogen (secondary N) is 7. The van der Waals surface area contributed by atoms with E-state index in [0.717, 1.165) is 16.7 Å². The van der Waals surface area contributed by atoms with E-state index in [1.807, 2.05) is 37.4 Å². The van der Waals surface area contributed by atoms with Crippen molar-refractivity contribution in [1.82, 2.24) is 37.2 Å². The second kappa shape index (κ2) is 37.5. The van der Waals surface area contributed by atoms with Crippen molar-refractivity contribution in [3.8, 4) is 5.75 Å². The fraction of sp³-hybridized carbons (Fsp3) is 0.377. The minimum Gasteiger partial charge on any atom is -0.508 e. The number of primary amides is 2. The highest BCUT2D eigenvalue weighted by atomic mass is 35.5. The number of carbonyl (C=O) groups excluding carboxylic acids is 9. The first-order chi connectivity index (χ1) is 36.8. The van der Waals surface area contributed by atoms with E-state index in [-0.39, 0.29) is 55.6 Å². The number of hydrogen-bond donors (Lipinski definition) is 12. The summed E-state index contributed by atoms with van der Waals surface area (Å²) in [6, 6.07) is 24.8. The first-order valence-electron chi connectivity index (χ1n) is 24.5. The van der Waals surface area contributed by atoms with Gasteiger partial charge in [-0.25, -0.2) is 0 Å². The van der Waals surface area contributed by atoms with Crippen LogP contribution in [0.4, 0.5) is 0 Å². The first kappa shape index (κ1) is 65.9. The molecule has 0 aliphatic rings. The summed E-state index contributed by atoms with van der Waals surface area (Å²) in [6.45, 7) is 2.56. The van der Waals surface area contributed by atoms with E-state index in [1.54, 1.807) is 73.7 Å². The van der Waals surface area contributed by atoms with Crippen molar-refractivity contribution >= 4 is 86.4 Å². The number of phenols is 1. The Morgan fingerprint density at radius 1 is 0.597 bits per heavy atom. The Kier molecular flexibility index (Phi) is 32.1. The zero-order valence-corrected chi connectivity index (χ0v) is 45.7. The number of carbonyl (C=O) groups is 9. The molecule has 4 unspecified atom stereocenters. The van der Waals surface area contributed by atoms with Crippen LogP contribution in [0.1, 0.15) is 65.2 Å². The number of halogens is 1. The molecule has 0 bridgehead atoms. The summed E-state index contributed by atoms with van der Waals surface area (Å²) in [4.78, 5) is 114. The number of unbranched alkanes of at least 4 members (excludes halogenated alkanes) is 1. The van der Waals surface area contributed by atoms with Crippen LogP contribution in [0.15, 0.2) is 103 Å². The predicted octanol–water partition coefficient (Wildman–Crippen LogP) is 1.47. The number of benzene rings is 4. The van der Waals surface area contributed by atoms with Crippen LogP contribution in [0.25, 0.3) is 0 Å². The van der Waals surface area contributed by atoms with E-state index in [4.69, 9.17) is 33.9 Å². The Labute approximate surface area is 461 Å². The van der Waals surface area contributed by atoms with Crippen molar-refractivity contribution < 1.29 is 53.4 Å². The molecule has 24 heteroatoms. The number of aryl methyl sites for hydroxylation is 2. The third-order valence-electron chi connectivity index (χ3n) is 10.8. The van der Waals surface area contributed by atoms with Crippen LogP contribution in [0.2, 0.25) is 5.02 Å². The quantitative estimate of drug-likeness (QED) is 0.0271. The molecule has 0 saturated carbocycles. The minimum atomic E-state index is -1.15. The average molecular weight is 1120 g/mol. The average Bonchev–Trinajstić information content (AvgIpc) is 3.40. The van der Waals surface area contributed by atoms with Crippen molar-refractivity contribution in [2.45, 2.75) is 83.0 Å². The van der Waals surface area contributed by atoms with Crippen molar-refractivity contribution in [3.05, 3.63) is 136 Å². The monoisotopic (exact) mass is 1120 g/mol. The smallest absolute Gasteiger partial charge is 0.248 e. The number of aliphatic hydroxyl groups is 1. The summed E-state index contributed by atoms with van der Waals surface area (Å²) in [5.74, 6) is -5.49. The van der Waals surface area contributed by atoms with Crippen LogP contribution in [-0.2, 0) is 57.6 Å². The van der Waals surface area contributed by atoms with Crippen LogP contribution in [-0.4, -0.2) is 132 Å². The molecule has 0 spiro atoms. The molecule has 21 nitrogen and oxygen atoms in total. The Balaban J connectivity index is 0.00000137. The molecular weight excluding hydrogens is 1050 g/mol. The van der Waals surface area contributed by atoms with E-state index in [2.05, 4.69) is 37.2 Å². The predicted molar refractivity (Wildman–Crippen MR) is 299 cm³/mol. The summed E-state index contributed by atoms with van der Waals surface area (Å²) in [5.41, 5.74) is 20.0. The van der Waals surface area contributed by atoms with E-state index in [1.165, 1.54) is 33.7 Å². The molecule has 0 radical (unpaired) electrons. The molecule has 77 heavy (non-hydrogen) atoms. The molecule has 0 saturated heterocycles. The normalized spacial score (nSPS) is 11.9. The molecule has 418 valence electrons. The second-order valence-electron chi connectivity index (χ2n) is 17.0. The molecule has 0 aliphatic heterocycles. The highest BCUT2D eigenvalue weighted by Gasteiger charge is 2.29. The van der Waals surface area contributed by atoms with Crippen molar-refractivity contribution in [2.75, 3.05) is 44.8 Å². The number of rotatable bonds is 29. The lowest BCUT2D eigenvalue weighted by Crippen LogP contribution is -2.56. The number of aromatic hydroxyl groups is 1. The van der Waals surface area contributed by atoms with Crippen LogP contribution in [0, 0.1) is 6.92 Å². The second-order valence-corrected chi connectivity index (χ2v) is 20.1. The molecule has 0 heterocycles. The Morgan fingerprint density at radius 3 is 1.69 bits per heavy atom. The standard InChI is InChI=1S/C43H56ClN9O9S2.C8H9NO.C2H6O/c1-63-64-26-35(52-36(55)19-14-27-10-15-30(44)16-11-27)43(62)53-34(22-28-7-3-2-4-8-28)42(61)49-25-39(58)50-32(9-5-6-20-45)41(60)48-23-37(56)47-24-38(57)51-33(40(46)59)21-29-12-17-31(54)18-13-29;1-6-2-4-7(5-3-6)8(9)10;1-2-3/h2-4,7-8,10-13,15-18,32-35,54H,5-6,9,14,19-26,45H2,1H3,(H2,46,59)(H,47,56)(H,48,60)(H,49,61)(H,50,58)(H,51,57)(H,52,55)(H,53,62);2-5H,1H3,(H2,9,10);3H,2H2,1H3. The van der Waals surface area contributed by atoms with Crippen molar-refractivity contribution in [2.24, 2.45) is 17.2 Å². The number of hydrogen-bond acceptors (Lipinski definition) is 14. The largest absolute Gasteiger partial charge is 0.508 e. The van der Waals surface area contributed by atoms with Gasteiger partial charge in [0.05, 0.1) is 19.6 Å². The molecule has 0 aromatic heterocycles. The molecule has 15 N–H and O–H groups in total. The summed E-state index contributed by atoms with van der Waals surface area (Å²) >= 11 is 5.97. The van der Waals surface area contributed by atoms with Gasteiger partial charge in [-0.2, -0.15) is 0 Å². The topological polar surface area (TPSA) is 356 Å². The van der Waals surface area contributed by atoms with Crippen LogP contribution in [0.5, 0.6) is 5.75 Å². The van der Waals surface area contributed by atoms with Gasteiger partial charge in [-0.3, -0.25) is 43.2 Å². The number of nitrogens with two attached hydrogens (primary N) is 3. The molecule has 9 amide bonds. The summed E-state index contributed by atoms with van der Waals surface area (Å²) in [7, 11) is 2.77. The fourth-order valence-electron chi connectivity index (χ4n) is 6.71. The van der Waals surface area contributed by atoms with Gasteiger partial charge in [-0.15, -0.1) is 0 Å². The zero-order chi connectivity index (χ0) is 57.1. The maximum Gasteiger partial charge on any atom is 0.248 e. The third-order valence-corrected chi connectivity index (χ3v) is 12.8. The van der Waals surface area contributed by atoms with Crippen LogP contribution < -0.4 is 54.4 Å². The Bertz CT molecular complexity index is 2500. The number of amides is 9. The SMILES string of the molecule is CCO.CSSCC(NC(=O)CCc1ccc(Cl)cc1)C(=O)NC(Cc1ccccc1)C(=O)NCC(=O)NC(CCCCN)C(=O)NCC(=O)NCC(=O)NC(Cc1ccc(O)cc1)C(N)=O.Cc1ccc(C(N)=O)cc1. The summed E-state index contributed by atoms with van der Waals surface area (Å²) in [6.07, 6.45) is 3.60. The minimum absolute atomic E-state index is 0.0248. The zero-order valence-electron chi connectivity index (χ0n) is 43.3. The van der Waals surface area contributed by atoms with Gasteiger partial charge in [-0.05, 0) is 105 Å². The highest BCUT2D eigenvalue weighted by Crippen LogP contribution is 2.19. The summed E-state index contributed by atoms with van der Waals surface area (Å²) < 4.78 is 0. The van der Waals surface area contributed by atoms with Gasteiger partial charge < -0.3 is 64.6 Å². The van der Waals surface area contributed by atoms with E-state index >= 15 is 0 Å². The van der Waals surface area contributed by atoms with E-state index < -0.39 is 85.2 Å². The molecule has 4 rings (SSSR count). The van der Waals surface area contributed by atoms with Crippen molar-refractivity contribution in [1.29, 1.82) is 0 Å². The van der Waals surface area contributed by atoms with E-state index in [0.29, 0.717) is 42.0 Å². The van der Waals surface area contributed by atoms with E-state index in [9.17, 15) is 48.3 Å².